The van der Waals surface area contributed by atoms with Gasteiger partial charge in [0.05, 0.1) is 7.11 Å². The number of hydrogen-bond donors (Lipinski definition) is 1. The van der Waals surface area contributed by atoms with Gasteiger partial charge in [-0.3, -0.25) is 4.79 Å². The van der Waals surface area contributed by atoms with Crippen LogP contribution in [0.3, 0.4) is 0 Å². The van der Waals surface area contributed by atoms with Gasteiger partial charge in [-0.25, -0.2) is 13.8 Å². The molecule has 1 aliphatic rings. The standard InChI is InChI=1S/C15H16F2N2O2/c1-4-12-13(8(2)20)14(19-15(18-12)21-3)9-5-6-10(16)11(17)7-9/h5-7,14H,4H2,1-3H3,(H,18,19). The summed E-state index contributed by atoms with van der Waals surface area (Å²) in [6.45, 7) is 3.30. The zero-order chi connectivity index (χ0) is 15.6. The number of halogens is 2. The van der Waals surface area contributed by atoms with Gasteiger partial charge in [0.1, 0.15) is 6.04 Å². The quantitative estimate of drug-likeness (QED) is 0.932. The van der Waals surface area contributed by atoms with Gasteiger partial charge in [-0.2, -0.15) is 0 Å². The SMILES string of the molecule is CCC1=C(C(C)=O)C(c2ccc(F)c(F)c2)N=C(OC)N1. The molecule has 0 spiro atoms. The van der Waals surface area contributed by atoms with Crippen molar-refractivity contribution in [2.75, 3.05) is 7.11 Å². The van der Waals surface area contributed by atoms with Crippen molar-refractivity contribution in [2.24, 2.45) is 4.99 Å². The molecule has 0 radical (unpaired) electrons. The lowest BCUT2D eigenvalue weighted by molar-refractivity contribution is -0.114. The minimum atomic E-state index is -0.971. The number of methoxy groups -OCH3 is 1. The number of allylic oxidation sites excluding steroid dienone is 1. The van der Waals surface area contributed by atoms with Crippen LogP contribution in [-0.4, -0.2) is 18.9 Å². The second-order valence-corrected chi connectivity index (χ2v) is 4.64. The van der Waals surface area contributed by atoms with E-state index in [-0.39, 0.29) is 11.8 Å². The molecule has 6 heteroatoms. The number of carbonyl (C=O) groups excluding carboxylic acids is 1. The molecule has 0 saturated heterocycles. The maximum Gasteiger partial charge on any atom is 0.289 e. The smallest absolute Gasteiger partial charge is 0.289 e. The highest BCUT2D eigenvalue weighted by molar-refractivity contribution is 5.97. The highest BCUT2D eigenvalue weighted by Gasteiger charge is 2.29. The fourth-order valence-electron chi connectivity index (χ4n) is 2.29. The van der Waals surface area contributed by atoms with Crippen LogP contribution in [-0.2, 0) is 9.53 Å². The molecule has 0 aliphatic carbocycles. The molecule has 2 rings (SSSR count). The van der Waals surface area contributed by atoms with Gasteiger partial charge in [-0.1, -0.05) is 13.0 Å². The van der Waals surface area contributed by atoms with Crippen LogP contribution in [0.25, 0.3) is 0 Å². The lowest BCUT2D eigenvalue weighted by atomic mass is 9.92. The van der Waals surface area contributed by atoms with Crippen LogP contribution in [0, 0.1) is 11.6 Å². The van der Waals surface area contributed by atoms with Gasteiger partial charge in [0, 0.05) is 11.3 Å². The maximum absolute atomic E-state index is 13.4. The number of benzene rings is 1. The number of carbonyl (C=O) groups is 1. The van der Waals surface area contributed by atoms with Crippen LogP contribution in [0.5, 0.6) is 0 Å². The number of nitrogens with one attached hydrogen (secondary N) is 1. The molecule has 1 aliphatic heterocycles. The Morgan fingerprint density at radius 1 is 1.38 bits per heavy atom. The predicted octanol–water partition coefficient (Wildman–Crippen LogP) is 2.86. The van der Waals surface area contributed by atoms with E-state index in [1.54, 1.807) is 0 Å². The molecular weight excluding hydrogens is 278 g/mol. The Morgan fingerprint density at radius 2 is 2.10 bits per heavy atom. The summed E-state index contributed by atoms with van der Waals surface area (Å²) in [5.74, 6) is -2.08. The first kappa shape index (κ1) is 15.2. The Morgan fingerprint density at radius 3 is 2.62 bits per heavy atom. The molecule has 112 valence electrons. The lowest BCUT2D eigenvalue weighted by Crippen LogP contribution is -2.33. The Labute approximate surface area is 121 Å². The number of rotatable bonds is 3. The van der Waals surface area contributed by atoms with Crippen molar-refractivity contribution in [2.45, 2.75) is 26.3 Å². The van der Waals surface area contributed by atoms with Crippen molar-refractivity contribution in [1.29, 1.82) is 0 Å². The minimum Gasteiger partial charge on any atom is -0.468 e. The first-order valence-electron chi connectivity index (χ1n) is 6.55. The molecule has 1 atom stereocenters. The van der Waals surface area contributed by atoms with E-state index < -0.39 is 17.7 Å². The van der Waals surface area contributed by atoms with E-state index in [0.29, 0.717) is 23.3 Å². The molecule has 21 heavy (non-hydrogen) atoms. The molecule has 1 aromatic carbocycles. The third-order valence-corrected chi connectivity index (χ3v) is 3.29. The van der Waals surface area contributed by atoms with Crippen molar-refractivity contribution in [3.63, 3.8) is 0 Å². The molecule has 0 saturated carbocycles. The van der Waals surface area contributed by atoms with Gasteiger partial charge in [0.2, 0.25) is 0 Å². The first-order valence-corrected chi connectivity index (χ1v) is 6.55. The minimum absolute atomic E-state index is 0.173. The average Bonchev–Trinajstić information content (AvgIpc) is 2.48. The third kappa shape index (κ3) is 2.94. The number of ketones is 1. The van der Waals surface area contributed by atoms with Crippen LogP contribution in [0.15, 0.2) is 34.5 Å². The Balaban J connectivity index is 2.56. The number of hydrogen-bond acceptors (Lipinski definition) is 4. The number of amidine groups is 1. The average molecular weight is 294 g/mol. The molecule has 1 unspecified atom stereocenters. The van der Waals surface area contributed by atoms with Crippen LogP contribution in [0.2, 0.25) is 0 Å². The van der Waals surface area contributed by atoms with Crippen LogP contribution in [0.1, 0.15) is 31.9 Å². The summed E-state index contributed by atoms with van der Waals surface area (Å²) in [6.07, 6.45) is 0.567. The second-order valence-electron chi connectivity index (χ2n) is 4.64. The van der Waals surface area contributed by atoms with Gasteiger partial charge in [-0.05, 0) is 31.0 Å². The lowest BCUT2D eigenvalue weighted by Gasteiger charge is -2.26. The van der Waals surface area contributed by atoms with E-state index in [0.717, 1.165) is 12.1 Å². The molecule has 1 aromatic rings. The van der Waals surface area contributed by atoms with Gasteiger partial charge in [-0.15, -0.1) is 0 Å². The number of ether oxygens (including phenoxy) is 1. The number of Topliss-reactive ketones (excluding diaryl/α,β-unsaturated/α-hetero) is 1. The van der Waals surface area contributed by atoms with Crippen molar-refractivity contribution < 1.29 is 18.3 Å². The summed E-state index contributed by atoms with van der Waals surface area (Å²) in [6, 6.07) is 3.04. The topological polar surface area (TPSA) is 50.7 Å². The fourth-order valence-corrected chi connectivity index (χ4v) is 2.29. The molecule has 0 aromatic heterocycles. The highest BCUT2D eigenvalue weighted by Crippen LogP contribution is 2.32. The molecule has 0 bridgehead atoms. The van der Waals surface area contributed by atoms with E-state index in [9.17, 15) is 13.6 Å². The Bertz CT molecular complexity index is 639. The van der Waals surface area contributed by atoms with E-state index in [2.05, 4.69) is 10.3 Å². The van der Waals surface area contributed by atoms with Gasteiger partial charge in [0.25, 0.3) is 6.02 Å². The number of nitrogens with zero attached hydrogens (tertiary/aromatic N) is 1. The monoisotopic (exact) mass is 294 g/mol. The molecule has 1 heterocycles. The molecule has 4 nitrogen and oxygen atoms in total. The van der Waals surface area contributed by atoms with Crippen molar-refractivity contribution >= 4 is 11.8 Å². The van der Waals surface area contributed by atoms with Crippen molar-refractivity contribution in [3.8, 4) is 0 Å². The zero-order valence-electron chi connectivity index (χ0n) is 12.0. The second kappa shape index (κ2) is 6.03. The predicted molar refractivity (Wildman–Crippen MR) is 74.7 cm³/mol. The normalized spacial score (nSPS) is 18.1. The van der Waals surface area contributed by atoms with Gasteiger partial charge >= 0.3 is 0 Å². The summed E-state index contributed by atoms with van der Waals surface area (Å²) in [7, 11) is 1.44. The third-order valence-electron chi connectivity index (χ3n) is 3.29. The first-order chi connectivity index (χ1) is 9.97. The Kier molecular flexibility index (Phi) is 4.35. The fraction of sp³-hybridized carbons (Fsp3) is 0.333. The van der Waals surface area contributed by atoms with E-state index >= 15 is 0 Å². The summed E-state index contributed by atoms with van der Waals surface area (Å²) in [5, 5.41) is 2.93. The van der Waals surface area contributed by atoms with Crippen LogP contribution >= 0.6 is 0 Å². The molecule has 0 fully saturated rings. The van der Waals surface area contributed by atoms with Gasteiger partial charge < -0.3 is 10.1 Å². The van der Waals surface area contributed by atoms with Crippen molar-refractivity contribution in [1.82, 2.24) is 5.32 Å². The maximum atomic E-state index is 13.4. The Hall–Kier alpha value is -2.24. The molecule has 1 N–H and O–H groups in total. The van der Waals surface area contributed by atoms with Crippen LogP contribution < -0.4 is 5.32 Å². The largest absolute Gasteiger partial charge is 0.468 e. The van der Waals surface area contributed by atoms with Gasteiger partial charge in [0.15, 0.2) is 17.4 Å². The van der Waals surface area contributed by atoms with Crippen LogP contribution in [0.4, 0.5) is 8.78 Å². The summed E-state index contributed by atoms with van der Waals surface area (Å²) in [5.41, 5.74) is 1.51. The van der Waals surface area contributed by atoms with E-state index in [1.165, 1.54) is 20.1 Å². The highest BCUT2D eigenvalue weighted by atomic mass is 19.2. The molecule has 0 amide bonds. The summed E-state index contributed by atoms with van der Waals surface area (Å²) >= 11 is 0. The molecular formula is C15H16F2N2O2. The van der Waals surface area contributed by atoms with Crippen molar-refractivity contribution in [3.05, 3.63) is 46.7 Å². The van der Waals surface area contributed by atoms with E-state index in [1.807, 2.05) is 6.92 Å². The zero-order valence-corrected chi connectivity index (χ0v) is 12.0. The summed E-state index contributed by atoms with van der Waals surface area (Å²) in [4.78, 5) is 16.2. The number of aliphatic imine (C=N–C) groups is 1. The summed E-state index contributed by atoms with van der Waals surface area (Å²) < 4.78 is 31.6. The van der Waals surface area contributed by atoms with E-state index in [4.69, 9.17) is 4.74 Å².